The van der Waals surface area contributed by atoms with E-state index in [-0.39, 0.29) is 18.1 Å². The predicted octanol–water partition coefficient (Wildman–Crippen LogP) is 4.47. The number of furan rings is 1. The van der Waals surface area contributed by atoms with E-state index in [1.807, 2.05) is 24.3 Å². The fourth-order valence-electron chi connectivity index (χ4n) is 2.38. The lowest BCUT2D eigenvalue weighted by atomic mass is 9.83. The zero-order valence-electron chi connectivity index (χ0n) is 12.4. The Morgan fingerprint density at radius 3 is 2.57 bits per heavy atom. The second kappa shape index (κ2) is 7.45. The lowest BCUT2D eigenvalue weighted by Crippen LogP contribution is -2.38. The Hall–Kier alpha value is -0.810. The van der Waals surface area contributed by atoms with Crippen LogP contribution in [0.3, 0.4) is 0 Å². The molecular weight excluding hydrogens is 306 g/mol. The first-order valence-electron chi connectivity index (χ1n) is 7.27. The number of thiophene rings is 1. The van der Waals surface area contributed by atoms with Gasteiger partial charge in [-0.05, 0) is 37.1 Å². The lowest BCUT2D eigenvalue weighted by molar-refractivity contribution is 0.110. The lowest BCUT2D eigenvalue weighted by Gasteiger charge is -2.31. The monoisotopic (exact) mass is 327 g/mol. The van der Waals surface area contributed by atoms with Gasteiger partial charge in [0, 0.05) is 23.4 Å². The van der Waals surface area contributed by atoms with Gasteiger partial charge in [0.2, 0.25) is 0 Å². The molecule has 3 nitrogen and oxygen atoms in total. The Morgan fingerprint density at radius 2 is 2.10 bits per heavy atom. The molecule has 0 aromatic carbocycles. The van der Waals surface area contributed by atoms with Crippen LogP contribution in [0.5, 0.6) is 0 Å². The molecule has 0 saturated heterocycles. The average molecular weight is 328 g/mol. The number of halogens is 1. The van der Waals surface area contributed by atoms with Gasteiger partial charge in [0.05, 0.1) is 10.6 Å². The number of rotatable bonds is 8. The van der Waals surface area contributed by atoms with Gasteiger partial charge in [0.15, 0.2) is 0 Å². The number of nitrogens with one attached hydrogen (secondary N) is 1. The summed E-state index contributed by atoms with van der Waals surface area (Å²) < 4.78 is 6.33. The zero-order valence-corrected chi connectivity index (χ0v) is 14.0. The van der Waals surface area contributed by atoms with Crippen LogP contribution in [-0.4, -0.2) is 18.3 Å². The summed E-state index contributed by atoms with van der Waals surface area (Å²) in [4.78, 5) is 1.12. The highest BCUT2D eigenvalue weighted by atomic mass is 35.5. The molecule has 0 amide bonds. The normalized spacial score (nSPS) is 13.5. The van der Waals surface area contributed by atoms with E-state index >= 15 is 0 Å². The molecule has 0 aliphatic heterocycles. The molecule has 2 heterocycles. The summed E-state index contributed by atoms with van der Waals surface area (Å²) in [7, 11) is 0. The molecule has 2 rings (SSSR count). The van der Waals surface area contributed by atoms with Crippen molar-refractivity contribution in [1.82, 2.24) is 5.32 Å². The minimum absolute atomic E-state index is 0.0264. The largest absolute Gasteiger partial charge is 0.467 e. The third-order valence-corrected chi connectivity index (χ3v) is 5.52. The molecule has 0 saturated carbocycles. The van der Waals surface area contributed by atoms with Gasteiger partial charge in [-0.3, -0.25) is 0 Å². The van der Waals surface area contributed by atoms with Gasteiger partial charge in [0.25, 0.3) is 0 Å². The van der Waals surface area contributed by atoms with Crippen LogP contribution in [-0.2, 0) is 0 Å². The number of hydrogen-bond donors (Lipinski definition) is 2. The molecule has 0 radical (unpaired) electrons. The fraction of sp³-hybridized carbons (Fsp3) is 0.500. The number of aliphatic hydroxyl groups excluding tert-OH is 1. The minimum Gasteiger partial charge on any atom is -0.467 e. The smallest absolute Gasteiger partial charge is 0.126 e. The van der Waals surface area contributed by atoms with Gasteiger partial charge in [0.1, 0.15) is 11.8 Å². The quantitative estimate of drug-likeness (QED) is 0.751. The standard InChI is InChI=1S/C16H22ClNO2S/c1-3-16(4-2,11-19)10-18-15(12-6-5-9-20-12)13-7-8-14(17)21-13/h5-9,15,18-19H,3-4,10-11H2,1-2H3. The molecule has 1 unspecified atom stereocenters. The van der Waals surface area contributed by atoms with Crippen molar-refractivity contribution in [2.45, 2.75) is 32.7 Å². The molecule has 0 fully saturated rings. The Balaban J connectivity index is 2.18. The van der Waals surface area contributed by atoms with Crippen LogP contribution in [0.15, 0.2) is 34.9 Å². The molecule has 1 atom stereocenters. The van der Waals surface area contributed by atoms with Gasteiger partial charge in [-0.25, -0.2) is 0 Å². The molecule has 0 bridgehead atoms. The van der Waals surface area contributed by atoms with E-state index in [0.29, 0.717) is 0 Å². The van der Waals surface area contributed by atoms with Crippen molar-refractivity contribution in [1.29, 1.82) is 0 Å². The van der Waals surface area contributed by atoms with Crippen molar-refractivity contribution in [3.63, 3.8) is 0 Å². The molecule has 0 aliphatic rings. The average Bonchev–Trinajstić information content (AvgIpc) is 3.16. The van der Waals surface area contributed by atoms with Gasteiger partial charge in [-0.2, -0.15) is 0 Å². The highest BCUT2D eigenvalue weighted by Gasteiger charge is 2.28. The van der Waals surface area contributed by atoms with Crippen molar-refractivity contribution in [3.8, 4) is 0 Å². The SMILES string of the molecule is CCC(CC)(CO)CNC(c1ccco1)c1ccc(Cl)s1. The summed E-state index contributed by atoms with van der Waals surface area (Å²) in [5.41, 5.74) is -0.0914. The summed E-state index contributed by atoms with van der Waals surface area (Å²) in [6.45, 7) is 5.15. The van der Waals surface area contributed by atoms with Crippen LogP contribution in [0.2, 0.25) is 4.34 Å². The Kier molecular flexibility index (Phi) is 5.88. The third-order valence-electron chi connectivity index (χ3n) is 4.22. The molecule has 2 aromatic heterocycles. The van der Waals surface area contributed by atoms with Gasteiger partial charge >= 0.3 is 0 Å². The molecule has 21 heavy (non-hydrogen) atoms. The Labute approximate surface area is 134 Å². The van der Waals surface area contributed by atoms with E-state index in [1.54, 1.807) is 17.6 Å². The van der Waals surface area contributed by atoms with Gasteiger partial charge in [-0.15, -0.1) is 11.3 Å². The Morgan fingerprint density at radius 1 is 1.33 bits per heavy atom. The first-order valence-corrected chi connectivity index (χ1v) is 8.46. The first-order chi connectivity index (χ1) is 10.1. The van der Waals surface area contributed by atoms with Gasteiger partial charge < -0.3 is 14.8 Å². The maximum absolute atomic E-state index is 9.71. The summed E-state index contributed by atoms with van der Waals surface area (Å²) in [5, 5.41) is 13.3. The van der Waals surface area contributed by atoms with Crippen molar-refractivity contribution >= 4 is 22.9 Å². The highest BCUT2D eigenvalue weighted by molar-refractivity contribution is 7.16. The molecule has 116 valence electrons. The third kappa shape index (κ3) is 3.89. The number of hydrogen-bond acceptors (Lipinski definition) is 4. The van der Waals surface area contributed by atoms with Crippen LogP contribution in [0.1, 0.15) is 43.4 Å². The van der Waals surface area contributed by atoms with E-state index in [9.17, 15) is 5.11 Å². The van der Waals surface area contributed by atoms with E-state index in [1.165, 1.54) is 0 Å². The maximum atomic E-state index is 9.71. The molecule has 5 heteroatoms. The summed E-state index contributed by atoms with van der Waals surface area (Å²) in [6.07, 6.45) is 3.55. The zero-order chi connectivity index (χ0) is 15.3. The van der Waals surface area contributed by atoms with Crippen molar-refractivity contribution < 1.29 is 9.52 Å². The molecule has 0 spiro atoms. The van der Waals surface area contributed by atoms with Crippen LogP contribution in [0, 0.1) is 5.41 Å². The first kappa shape index (κ1) is 16.6. The Bertz CT molecular complexity index is 526. The molecule has 0 aliphatic carbocycles. The molecule has 2 aromatic rings. The van der Waals surface area contributed by atoms with Crippen LogP contribution in [0.25, 0.3) is 0 Å². The maximum Gasteiger partial charge on any atom is 0.126 e. The van der Waals surface area contributed by atoms with Crippen molar-refractivity contribution in [3.05, 3.63) is 45.5 Å². The molecular formula is C16H22ClNO2S. The summed E-state index contributed by atoms with van der Waals surface area (Å²) >= 11 is 7.61. The predicted molar refractivity (Wildman–Crippen MR) is 88.0 cm³/mol. The summed E-state index contributed by atoms with van der Waals surface area (Å²) in [5.74, 6) is 0.868. The fourth-order valence-corrected chi connectivity index (χ4v) is 3.52. The van der Waals surface area contributed by atoms with Gasteiger partial charge in [-0.1, -0.05) is 25.4 Å². The topological polar surface area (TPSA) is 45.4 Å². The molecule has 2 N–H and O–H groups in total. The second-order valence-corrected chi connectivity index (χ2v) is 7.08. The van der Waals surface area contributed by atoms with E-state index < -0.39 is 0 Å². The van der Waals surface area contributed by atoms with Crippen LogP contribution >= 0.6 is 22.9 Å². The minimum atomic E-state index is -0.0914. The highest BCUT2D eigenvalue weighted by Crippen LogP contribution is 2.33. The van der Waals surface area contributed by atoms with E-state index in [2.05, 4.69) is 19.2 Å². The van der Waals surface area contributed by atoms with Crippen LogP contribution in [0.4, 0.5) is 0 Å². The van der Waals surface area contributed by atoms with E-state index in [4.69, 9.17) is 16.0 Å². The van der Waals surface area contributed by atoms with Crippen molar-refractivity contribution in [2.24, 2.45) is 5.41 Å². The second-order valence-electron chi connectivity index (χ2n) is 5.34. The van der Waals surface area contributed by atoms with Crippen LogP contribution < -0.4 is 5.32 Å². The summed E-state index contributed by atoms with van der Waals surface area (Å²) in [6, 6.07) is 7.74. The van der Waals surface area contributed by atoms with Crippen molar-refractivity contribution in [2.75, 3.05) is 13.2 Å². The van der Waals surface area contributed by atoms with E-state index in [0.717, 1.165) is 34.4 Å². The number of aliphatic hydroxyl groups is 1.